The van der Waals surface area contributed by atoms with Crippen molar-refractivity contribution in [1.82, 2.24) is 4.98 Å². The van der Waals surface area contributed by atoms with Crippen LogP contribution in [0.5, 0.6) is 0 Å². The summed E-state index contributed by atoms with van der Waals surface area (Å²) >= 11 is 3.34. The third-order valence-corrected chi connectivity index (χ3v) is 3.57. The van der Waals surface area contributed by atoms with Crippen molar-refractivity contribution in [2.75, 3.05) is 24.3 Å². The van der Waals surface area contributed by atoms with E-state index in [-0.39, 0.29) is 5.69 Å². The lowest BCUT2D eigenvalue weighted by atomic mass is 10.2. The maximum atomic E-state index is 10.7. The lowest BCUT2D eigenvalue weighted by molar-refractivity contribution is -0.384. The molecular weight excluding hydrogens is 336 g/mol. The van der Waals surface area contributed by atoms with Gasteiger partial charge in [-0.05, 0) is 39.7 Å². The zero-order valence-electron chi connectivity index (χ0n) is 11.7. The van der Waals surface area contributed by atoms with Crippen LogP contribution in [0, 0.1) is 10.1 Å². The van der Waals surface area contributed by atoms with E-state index in [1.54, 1.807) is 12.3 Å². The summed E-state index contributed by atoms with van der Waals surface area (Å²) in [4.78, 5) is 16.5. The smallest absolute Gasteiger partial charge is 0.270 e. The normalized spacial score (nSPS) is 10.2. The van der Waals surface area contributed by atoms with Crippen molar-refractivity contribution in [3.63, 3.8) is 0 Å². The van der Waals surface area contributed by atoms with Crippen LogP contribution in [-0.4, -0.2) is 24.0 Å². The number of hydrogen-bond acceptors (Lipinski definition) is 5. The maximum absolute atomic E-state index is 10.7. The summed E-state index contributed by atoms with van der Waals surface area (Å²) in [6.45, 7) is 0.611. The molecule has 1 N–H and O–H groups in total. The minimum atomic E-state index is -0.416. The van der Waals surface area contributed by atoms with Gasteiger partial charge in [-0.1, -0.05) is 0 Å². The van der Waals surface area contributed by atoms with E-state index in [1.165, 1.54) is 12.1 Å². The van der Waals surface area contributed by atoms with Gasteiger partial charge in [0.15, 0.2) is 0 Å². The number of pyridine rings is 1. The Kier molecular flexibility index (Phi) is 4.74. The SMILES string of the molecule is CN(C)c1cc(CNc2ccc([N+](=O)[O-])cc2Br)ccn1. The van der Waals surface area contributed by atoms with Gasteiger partial charge in [0.2, 0.25) is 0 Å². The fourth-order valence-electron chi connectivity index (χ4n) is 1.77. The van der Waals surface area contributed by atoms with E-state index in [0.29, 0.717) is 11.0 Å². The number of benzene rings is 1. The average molecular weight is 351 g/mol. The summed E-state index contributed by atoms with van der Waals surface area (Å²) in [5.74, 6) is 0.886. The van der Waals surface area contributed by atoms with E-state index < -0.39 is 4.92 Å². The van der Waals surface area contributed by atoms with Crippen molar-refractivity contribution in [2.45, 2.75) is 6.54 Å². The summed E-state index contributed by atoms with van der Waals surface area (Å²) < 4.78 is 0.665. The molecule has 0 spiro atoms. The Morgan fingerprint density at radius 2 is 2.10 bits per heavy atom. The minimum Gasteiger partial charge on any atom is -0.380 e. The van der Waals surface area contributed by atoms with Gasteiger partial charge in [-0.15, -0.1) is 0 Å². The van der Waals surface area contributed by atoms with Gasteiger partial charge < -0.3 is 10.2 Å². The molecule has 0 aliphatic rings. The Balaban J connectivity index is 2.09. The van der Waals surface area contributed by atoms with Crippen molar-refractivity contribution in [3.05, 3.63) is 56.7 Å². The Bertz CT molecular complexity index is 661. The first kappa shape index (κ1) is 15.2. The number of halogens is 1. The van der Waals surface area contributed by atoms with Gasteiger partial charge in [-0.2, -0.15) is 0 Å². The van der Waals surface area contributed by atoms with Gasteiger partial charge in [0.1, 0.15) is 5.82 Å². The molecule has 0 unspecified atom stereocenters. The van der Waals surface area contributed by atoms with E-state index in [0.717, 1.165) is 17.1 Å². The Hall–Kier alpha value is -2.15. The molecule has 1 heterocycles. The van der Waals surface area contributed by atoms with Gasteiger partial charge in [0, 0.05) is 49.1 Å². The first-order valence-electron chi connectivity index (χ1n) is 6.27. The second-order valence-electron chi connectivity index (χ2n) is 4.69. The lowest BCUT2D eigenvalue weighted by Crippen LogP contribution is -2.11. The Morgan fingerprint density at radius 3 is 2.71 bits per heavy atom. The van der Waals surface area contributed by atoms with Crippen molar-refractivity contribution < 1.29 is 4.92 Å². The summed E-state index contributed by atoms with van der Waals surface area (Å²) in [6, 6.07) is 8.58. The van der Waals surface area contributed by atoms with Crippen molar-refractivity contribution in [2.24, 2.45) is 0 Å². The molecule has 0 radical (unpaired) electrons. The Labute approximate surface area is 131 Å². The number of aromatic nitrogens is 1. The number of non-ortho nitro benzene ring substituents is 1. The third kappa shape index (κ3) is 3.91. The highest BCUT2D eigenvalue weighted by atomic mass is 79.9. The Morgan fingerprint density at radius 1 is 1.33 bits per heavy atom. The number of anilines is 2. The highest BCUT2D eigenvalue weighted by molar-refractivity contribution is 9.10. The molecule has 0 aliphatic heterocycles. The van der Waals surface area contributed by atoms with Crippen LogP contribution in [0.2, 0.25) is 0 Å². The highest BCUT2D eigenvalue weighted by Crippen LogP contribution is 2.27. The summed E-state index contributed by atoms with van der Waals surface area (Å²) in [5.41, 5.74) is 1.95. The molecule has 21 heavy (non-hydrogen) atoms. The van der Waals surface area contributed by atoms with Crippen LogP contribution in [0.25, 0.3) is 0 Å². The lowest BCUT2D eigenvalue weighted by Gasteiger charge is -2.13. The van der Waals surface area contributed by atoms with Gasteiger partial charge >= 0.3 is 0 Å². The van der Waals surface area contributed by atoms with Gasteiger partial charge in [0.25, 0.3) is 5.69 Å². The second-order valence-corrected chi connectivity index (χ2v) is 5.55. The topological polar surface area (TPSA) is 71.3 Å². The first-order valence-corrected chi connectivity index (χ1v) is 7.07. The number of hydrogen-bond donors (Lipinski definition) is 1. The molecule has 0 fully saturated rings. The number of nitro benzene ring substituents is 1. The second kappa shape index (κ2) is 6.53. The summed E-state index contributed by atoms with van der Waals surface area (Å²) in [6.07, 6.45) is 1.76. The summed E-state index contributed by atoms with van der Waals surface area (Å²) in [5, 5.41) is 13.9. The molecule has 1 aromatic heterocycles. The maximum Gasteiger partial charge on any atom is 0.270 e. The molecule has 2 aromatic rings. The molecule has 0 atom stereocenters. The van der Waals surface area contributed by atoms with E-state index in [9.17, 15) is 10.1 Å². The molecule has 0 saturated heterocycles. The molecule has 0 saturated carbocycles. The van der Waals surface area contributed by atoms with E-state index in [1.807, 2.05) is 31.1 Å². The van der Waals surface area contributed by atoms with Crippen molar-refractivity contribution in [1.29, 1.82) is 0 Å². The number of nitrogens with zero attached hydrogens (tertiary/aromatic N) is 3. The van der Waals surface area contributed by atoms with E-state index in [2.05, 4.69) is 26.2 Å². The molecule has 0 aliphatic carbocycles. The van der Waals surface area contributed by atoms with Gasteiger partial charge in [0.05, 0.1) is 4.92 Å². The van der Waals surface area contributed by atoms with E-state index in [4.69, 9.17) is 0 Å². The van der Waals surface area contributed by atoms with Crippen molar-refractivity contribution >= 4 is 33.1 Å². The zero-order chi connectivity index (χ0) is 15.4. The van der Waals surface area contributed by atoms with Crippen LogP contribution in [0.4, 0.5) is 17.2 Å². The molecule has 2 rings (SSSR count). The van der Waals surface area contributed by atoms with Crippen LogP contribution < -0.4 is 10.2 Å². The molecule has 7 heteroatoms. The van der Waals surface area contributed by atoms with Gasteiger partial charge in [-0.25, -0.2) is 4.98 Å². The fourth-order valence-corrected chi connectivity index (χ4v) is 2.28. The monoisotopic (exact) mass is 350 g/mol. The molecule has 0 amide bonds. The van der Waals surface area contributed by atoms with Crippen molar-refractivity contribution in [3.8, 4) is 0 Å². The van der Waals surface area contributed by atoms with Crippen LogP contribution >= 0.6 is 15.9 Å². The predicted octanol–water partition coefficient (Wildman–Crippen LogP) is 3.43. The van der Waals surface area contributed by atoms with Gasteiger partial charge in [-0.3, -0.25) is 10.1 Å². The third-order valence-electron chi connectivity index (χ3n) is 2.91. The minimum absolute atomic E-state index is 0.0613. The summed E-state index contributed by atoms with van der Waals surface area (Å²) in [7, 11) is 3.87. The van der Waals surface area contributed by atoms with Crippen LogP contribution in [0.3, 0.4) is 0 Å². The standard InChI is InChI=1S/C14H15BrN4O2/c1-18(2)14-7-10(5-6-16-14)9-17-13-4-3-11(19(20)21)8-12(13)15/h3-8,17H,9H2,1-2H3. The van der Waals surface area contributed by atoms with Crippen LogP contribution in [-0.2, 0) is 6.54 Å². The molecule has 6 nitrogen and oxygen atoms in total. The van der Waals surface area contributed by atoms with Crippen LogP contribution in [0.15, 0.2) is 41.0 Å². The molecular formula is C14H15BrN4O2. The van der Waals surface area contributed by atoms with E-state index >= 15 is 0 Å². The zero-order valence-corrected chi connectivity index (χ0v) is 13.3. The molecule has 110 valence electrons. The predicted molar refractivity (Wildman–Crippen MR) is 86.7 cm³/mol. The number of nitro groups is 1. The average Bonchev–Trinajstić information content (AvgIpc) is 2.46. The number of rotatable bonds is 5. The molecule has 1 aromatic carbocycles. The fraction of sp³-hybridized carbons (Fsp3) is 0.214. The number of nitrogens with one attached hydrogen (secondary N) is 1. The highest BCUT2D eigenvalue weighted by Gasteiger charge is 2.09. The largest absolute Gasteiger partial charge is 0.380 e. The van der Waals surface area contributed by atoms with Crippen LogP contribution in [0.1, 0.15) is 5.56 Å². The quantitative estimate of drug-likeness (QED) is 0.660. The molecule has 0 bridgehead atoms. The first-order chi connectivity index (χ1) is 9.97.